The van der Waals surface area contributed by atoms with Gasteiger partial charge in [0.15, 0.2) is 0 Å². The van der Waals surface area contributed by atoms with Crippen LogP contribution in [0.25, 0.3) is 0 Å². The second kappa shape index (κ2) is 8.08. The van der Waals surface area contributed by atoms with E-state index in [2.05, 4.69) is 43.5 Å². The summed E-state index contributed by atoms with van der Waals surface area (Å²) in [5, 5.41) is 6.57. The lowest BCUT2D eigenvalue weighted by molar-refractivity contribution is 0.0941. The van der Waals surface area contributed by atoms with E-state index in [-0.39, 0.29) is 17.5 Å². The van der Waals surface area contributed by atoms with Crippen LogP contribution in [0.15, 0.2) is 54.6 Å². The summed E-state index contributed by atoms with van der Waals surface area (Å²) in [7, 11) is 0. The molecule has 2 aromatic rings. The summed E-state index contributed by atoms with van der Waals surface area (Å²) >= 11 is 0. The zero-order valence-corrected chi connectivity index (χ0v) is 14.7. The van der Waals surface area contributed by atoms with E-state index < -0.39 is 0 Å². The summed E-state index contributed by atoms with van der Waals surface area (Å²) in [6.45, 7) is 7.33. The Bertz CT molecular complexity index is 650. The lowest BCUT2D eigenvalue weighted by Gasteiger charge is -2.31. The molecule has 4 heteroatoms. The van der Waals surface area contributed by atoms with Crippen LogP contribution in [0.3, 0.4) is 0 Å². The van der Waals surface area contributed by atoms with Gasteiger partial charge in [0, 0.05) is 30.2 Å². The van der Waals surface area contributed by atoms with Gasteiger partial charge in [-0.1, -0.05) is 42.5 Å². The van der Waals surface area contributed by atoms with Crippen LogP contribution in [-0.4, -0.2) is 18.0 Å². The summed E-state index contributed by atoms with van der Waals surface area (Å²) < 4.78 is 0. The SMILES string of the molecule is CC(NC(C)(C)CNC(=O)c1ccc(CN)cc1)c1ccccc1. The molecule has 4 N–H and O–H groups in total. The van der Waals surface area contributed by atoms with Crippen LogP contribution in [0.5, 0.6) is 0 Å². The molecule has 1 atom stereocenters. The van der Waals surface area contributed by atoms with Crippen molar-refractivity contribution >= 4 is 5.91 Å². The monoisotopic (exact) mass is 325 g/mol. The van der Waals surface area contributed by atoms with Gasteiger partial charge in [0.2, 0.25) is 0 Å². The predicted octanol–water partition coefficient (Wildman–Crippen LogP) is 3.00. The molecule has 2 rings (SSSR count). The fourth-order valence-corrected chi connectivity index (χ4v) is 2.66. The largest absolute Gasteiger partial charge is 0.350 e. The highest BCUT2D eigenvalue weighted by Crippen LogP contribution is 2.16. The van der Waals surface area contributed by atoms with Crippen molar-refractivity contribution in [2.75, 3.05) is 6.54 Å². The van der Waals surface area contributed by atoms with Crippen LogP contribution in [0.4, 0.5) is 0 Å². The minimum Gasteiger partial charge on any atom is -0.350 e. The van der Waals surface area contributed by atoms with Gasteiger partial charge in [0.05, 0.1) is 0 Å². The third-order valence-electron chi connectivity index (χ3n) is 4.05. The van der Waals surface area contributed by atoms with Crippen LogP contribution in [0, 0.1) is 0 Å². The van der Waals surface area contributed by atoms with Gasteiger partial charge in [0.25, 0.3) is 5.91 Å². The lowest BCUT2D eigenvalue weighted by atomic mass is 10.0. The molecule has 4 nitrogen and oxygen atoms in total. The van der Waals surface area contributed by atoms with E-state index in [0.717, 1.165) is 5.56 Å². The molecule has 0 aliphatic heterocycles. The van der Waals surface area contributed by atoms with Crippen molar-refractivity contribution in [3.8, 4) is 0 Å². The summed E-state index contributed by atoms with van der Waals surface area (Å²) in [6.07, 6.45) is 0. The first kappa shape index (κ1) is 18.2. The van der Waals surface area contributed by atoms with Crippen LogP contribution in [-0.2, 0) is 6.54 Å². The fraction of sp³-hybridized carbons (Fsp3) is 0.350. The first-order valence-corrected chi connectivity index (χ1v) is 8.31. The van der Waals surface area contributed by atoms with Crippen molar-refractivity contribution in [2.24, 2.45) is 5.73 Å². The van der Waals surface area contributed by atoms with Crippen LogP contribution in [0.1, 0.15) is 48.3 Å². The number of amides is 1. The Balaban J connectivity index is 1.90. The summed E-state index contributed by atoms with van der Waals surface area (Å²) in [6, 6.07) is 17.9. The Morgan fingerprint density at radius 2 is 1.71 bits per heavy atom. The molecular formula is C20H27N3O. The molecule has 24 heavy (non-hydrogen) atoms. The van der Waals surface area contributed by atoms with E-state index >= 15 is 0 Å². The Hall–Kier alpha value is -2.17. The maximum absolute atomic E-state index is 12.3. The molecule has 0 saturated carbocycles. The smallest absolute Gasteiger partial charge is 0.251 e. The fourth-order valence-electron chi connectivity index (χ4n) is 2.66. The molecule has 0 spiro atoms. The minimum atomic E-state index is -0.220. The summed E-state index contributed by atoms with van der Waals surface area (Å²) in [4.78, 5) is 12.3. The van der Waals surface area contributed by atoms with Crippen LogP contribution < -0.4 is 16.4 Å². The molecule has 0 aliphatic rings. The van der Waals surface area contributed by atoms with Gasteiger partial charge in [-0.25, -0.2) is 0 Å². The molecule has 0 aromatic heterocycles. The molecule has 128 valence electrons. The highest BCUT2D eigenvalue weighted by Gasteiger charge is 2.21. The predicted molar refractivity (Wildman–Crippen MR) is 98.7 cm³/mol. The van der Waals surface area contributed by atoms with Gasteiger partial charge < -0.3 is 16.4 Å². The van der Waals surface area contributed by atoms with Crippen LogP contribution in [0.2, 0.25) is 0 Å². The maximum Gasteiger partial charge on any atom is 0.251 e. The second-order valence-corrected chi connectivity index (χ2v) is 6.74. The number of hydrogen-bond acceptors (Lipinski definition) is 3. The average Bonchev–Trinajstić information content (AvgIpc) is 2.60. The van der Waals surface area contributed by atoms with E-state index in [1.807, 2.05) is 42.5 Å². The first-order valence-electron chi connectivity index (χ1n) is 8.31. The molecule has 0 aliphatic carbocycles. The van der Waals surface area contributed by atoms with Crippen LogP contribution >= 0.6 is 0 Å². The lowest BCUT2D eigenvalue weighted by Crippen LogP contribution is -2.49. The van der Waals surface area contributed by atoms with Gasteiger partial charge in [-0.2, -0.15) is 0 Å². The molecule has 0 radical (unpaired) electrons. The normalized spacial score (nSPS) is 12.7. The van der Waals surface area contributed by atoms with Gasteiger partial charge in [-0.05, 0) is 44.0 Å². The van der Waals surface area contributed by atoms with E-state index in [9.17, 15) is 4.79 Å². The van der Waals surface area contributed by atoms with Crippen molar-refractivity contribution in [3.05, 3.63) is 71.3 Å². The topological polar surface area (TPSA) is 67.1 Å². The standard InChI is InChI=1S/C20H27N3O/c1-15(17-7-5-4-6-8-17)23-20(2,3)14-22-19(24)18-11-9-16(13-21)10-12-18/h4-12,15,23H,13-14,21H2,1-3H3,(H,22,24). The molecular weight excluding hydrogens is 298 g/mol. The third-order valence-corrected chi connectivity index (χ3v) is 4.05. The molecule has 2 aromatic carbocycles. The number of nitrogens with two attached hydrogens (primary N) is 1. The first-order chi connectivity index (χ1) is 11.4. The van der Waals surface area contributed by atoms with E-state index in [4.69, 9.17) is 5.73 Å². The minimum absolute atomic E-state index is 0.0687. The number of nitrogens with one attached hydrogen (secondary N) is 2. The molecule has 0 saturated heterocycles. The van der Waals surface area contributed by atoms with E-state index in [1.165, 1.54) is 5.56 Å². The molecule has 1 amide bonds. The summed E-state index contributed by atoms with van der Waals surface area (Å²) in [5.74, 6) is -0.0687. The van der Waals surface area contributed by atoms with Crippen molar-refractivity contribution in [1.82, 2.24) is 10.6 Å². The highest BCUT2D eigenvalue weighted by molar-refractivity contribution is 5.94. The van der Waals surface area contributed by atoms with Gasteiger partial charge in [-0.3, -0.25) is 4.79 Å². The average molecular weight is 325 g/mol. The van der Waals surface area contributed by atoms with Gasteiger partial charge in [-0.15, -0.1) is 0 Å². The van der Waals surface area contributed by atoms with Crippen molar-refractivity contribution in [3.63, 3.8) is 0 Å². The Morgan fingerprint density at radius 1 is 1.08 bits per heavy atom. The van der Waals surface area contributed by atoms with Gasteiger partial charge in [0.1, 0.15) is 0 Å². The molecule has 0 fully saturated rings. The van der Waals surface area contributed by atoms with Crippen molar-refractivity contribution in [1.29, 1.82) is 0 Å². The zero-order chi connectivity index (χ0) is 17.6. The number of carbonyl (C=O) groups is 1. The zero-order valence-electron chi connectivity index (χ0n) is 14.7. The quantitative estimate of drug-likeness (QED) is 0.733. The number of carbonyl (C=O) groups excluding carboxylic acids is 1. The van der Waals surface area contributed by atoms with Crippen molar-refractivity contribution in [2.45, 2.75) is 38.9 Å². The van der Waals surface area contributed by atoms with Crippen molar-refractivity contribution < 1.29 is 4.79 Å². The molecule has 0 bridgehead atoms. The highest BCUT2D eigenvalue weighted by atomic mass is 16.1. The Kier molecular flexibility index (Phi) is 6.12. The number of hydrogen-bond donors (Lipinski definition) is 3. The Morgan fingerprint density at radius 3 is 2.29 bits per heavy atom. The summed E-state index contributed by atoms with van der Waals surface area (Å²) in [5.41, 5.74) is 8.26. The van der Waals surface area contributed by atoms with Gasteiger partial charge >= 0.3 is 0 Å². The van der Waals surface area contributed by atoms with E-state index in [0.29, 0.717) is 18.7 Å². The Labute approximate surface area is 144 Å². The maximum atomic E-state index is 12.3. The van der Waals surface area contributed by atoms with E-state index in [1.54, 1.807) is 0 Å². The molecule has 0 heterocycles. The number of rotatable bonds is 7. The third kappa shape index (κ3) is 5.18. The number of benzene rings is 2. The molecule has 1 unspecified atom stereocenters. The second-order valence-electron chi connectivity index (χ2n) is 6.74.